The van der Waals surface area contributed by atoms with E-state index in [0.29, 0.717) is 36.2 Å². The number of amides is 1. The number of nitrogens with two attached hydrogens (primary N) is 1. The largest absolute Gasteiger partial charge is 0.471 e. The maximum absolute atomic E-state index is 14.6. The van der Waals surface area contributed by atoms with Crippen molar-refractivity contribution < 1.29 is 40.7 Å². The van der Waals surface area contributed by atoms with Crippen LogP contribution in [0.3, 0.4) is 0 Å². The van der Waals surface area contributed by atoms with Crippen LogP contribution in [0.2, 0.25) is 0 Å². The molecule has 0 aromatic heterocycles. The van der Waals surface area contributed by atoms with E-state index in [1.807, 2.05) is 36.4 Å². The van der Waals surface area contributed by atoms with E-state index in [1.54, 1.807) is 6.92 Å². The number of nitrogens with zero attached hydrogens (tertiary/aromatic N) is 3. The summed E-state index contributed by atoms with van der Waals surface area (Å²) in [7, 11) is -3.33. The number of alkyl halides is 3. The van der Waals surface area contributed by atoms with E-state index in [0.717, 1.165) is 26.9 Å². The van der Waals surface area contributed by atoms with Gasteiger partial charge in [-0.1, -0.05) is 53.6 Å². The molecule has 0 aliphatic carbocycles. The zero-order chi connectivity index (χ0) is 35.7. The van der Waals surface area contributed by atoms with Gasteiger partial charge in [-0.15, -0.1) is 0 Å². The molecule has 3 heterocycles. The van der Waals surface area contributed by atoms with Crippen LogP contribution < -0.4 is 5.73 Å². The summed E-state index contributed by atoms with van der Waals surface area (Å²) in [6, 6.07) is 11.8. The van der Waals surface area contributed by atoms with Gasteiger partial charge in [0.2, 0.25) is 10.0 Å². The Balaban J connectivity index is 1.53. The fourth-order valence-corrected chi connectivity index (χ4v) is 8.63. The second kappa shape index (κ2) is 14.6. The molecule has 2 aromatic rings. The second-order valence-electron chi connectivity index (χ2n) is 12.8. The molecule has 10 nitrogen and oxygen atoms in total. The van der Waals surface area contributed by atoms with Crippen LogP contribution in [0.1, 0.15) is 37.0 Å². The molecule has 0 radical (unpaired) electrons. The van der Waals surface area contributed by atoms with Crippen molar-refractivity contribution in [2.75, 3.05) is 39.8 Å². The average molecular weight is 703 g/mol. The molecule has 0 spiro atoms. The molecule has 0 fully saturated rings. The van der Waals surface area contributed by atoms with Gasteiger partial charge in [-0.05, 0) is 61.9 Å². The first-order valence-electron chi connectivity index (χ1n) is 16.2. The number of ketones is 1. The number of hydrogen-bond acceptors (Lipinski definition) is 8. The first-order chi connectivity index (χ1) is 23.1. The molecule has 49 heavy (non-hydrogen) atoms. The summed E-state index contributed by atoms with van der Waals surface area (Å²) in [6.07, 6.45) is -2.28. The molecule has 3 atom stereocenters. The Labute approximate surface area is 284 Å². The number of methoxy groups -OCH3 is 1. The molecule has 14 heteroatoms. The van der Waals surface area contributed by atoms with Crippen molar-refractivity contribution in [1.82, 2.24) is 14.1 Å². The molecule has 0 saturated heterocycles. The van der Waals surface area contributed by atoms with Crippen molar-refractivity contribution >= 4 is 27.7 Å². The first-order valence-corrected chi connectivity index (χ1v) is 17.6. The number of carbonyl (C=O) groups is 3. The third kappa shape index (κ3) is 7.67. The number of benzene rings is 2. The highest BCUT2D eigenvalue weighted by molar-refractivity contribution is 7.89. The Morgan fingerprint density at radius 1 is 1.00 bits per heavy atom. The lowest BCUT2D eigenvalue weighted by atomic mass is 9.77. The van der Waals surface area contributed by atoms with Crippen molar-refractivity contribution in [1.29, 1.82) is 0 Å². The standard InChI is InChI=1S/C35H41F3N4O6S/c1-22-29(32(43)23(2)39)21-42(31(33(44)48-3)30(22)27-10-7-15-40(20-27)19-24-8-5-4-6-9-24)49(46,47)28-12-11-25-13-16-41(17-14-26(25)18-28)34(45)35(36,37)38/h4-6,8-12,18,23,30-31H,7,13-17,19-21,39H2,1-3H3/t23-,30?,31?/m1/s1. The van der Waals surface area contributed by atoms with E-state index >= 15 is 0 Å². The summed E-state index contributed by atoms with van der Waals surface area (Å²) >= 11 is 0. The first kappa shape index (κ1) is 36.4. The van der Waals surface area contributed by atoms with Crippen LogP contribution in [0.25, 0.3) is 0 Å². The van der Waals surface area contributed by atoms with E-state index in [1.165, 1.54) is 32.2 Å². The van der Waals surface area contributed by atoms with Gasteiger partial charge in [-0.25, -0.2) is 8.42 Å². The molecular formula is C35H41F3N4O6S. The number of Topliss-reactive ketones (excluding diaryl/α,β-unsaturated/α-hetero) is 1. The number of ether oxygens (including phenoxy) is 1. The normalized spacial score (nSPS) is 21.8. The predicted octanol–water partition coefficient (Wildman–Crippen LogP) is 3.40. The zero-order valence-corrected chi connectivity index (χ0v) is 28.5. The lowest BCUT2D eigenvalue weighted by molar-refractivity contribution is -0.185. The molecule has 0 bridgehead atoms. The van der Waals surface area contributed by atoms with Crippen LogP contribution in [0.5, 0.6) is 0 Å². The summed E-state index contributed by atoms with van der Waals surface area (Å²) in [5, 5.41) is 0. The van der Waals surface area contributed by atoms with Gasteiger partial charge in [0.15, 0.2) is 5.78 Å². The van der Waals surface area contributed by atoms with Gasteiger partial charge in [0.25, 0.3) is 0 Å². The second-order valence-corrected chi connectivity index (χ2v) is 14.7. The summed E-state index contributed by atoms with van der Waals surface area (Å²) in [6.45, 7) is 4.21. The van der Waals surface area contributed by atoms with E-state index in [9.17, 15) is 36.0 Å². The third-order valence-electron chi connectivity index (χ3n) is 9.56. The van der Waals surface area contributed by atoms with Gasteiger partial charge in [0.1, 0.15) is 6.04 Å². The van der Waals surface area contributed by atoms with Crippen LogP contribution in [0, 0.1) is 5.92 Å². The lowest BCUT2D eigenvalue weighted by Crippen LogP contribution is -2.56. The monoisotopic (exact) mass is 702 g/mol. The minimum absolute atomic E-state index is 0.00113. The van der Waals surface area contributed by atoms with Crippen LogP contribution in [-0.2, 0) is 48.5 Å². The van der Waals surface area contributed by atoms with Gasteiger partial charge in [0.05, 0.1) is 18.0 Å². The minimum atomic E-state index is -5.02. The molecule has 3 aliphatic heterocycles. The SMILES string of the molecule is COC(=O)C1C(C2=CCCN(Cc3ccccc3)C2)C(C)=C(C(=O)[C@@H](C)N)CN1S(=O)(=O)c1ccc2c(c1)CCN(C(=O)C(F)(F)F)CC2. The zero-order valence-electron chi connectivity index (χ0n) is 27.7. The smallest absolute Gasteiger partial charge is 0.468 e. The van der Waals surface area contributed by atoms with Crippen molar-refractivity contribution in [3.05, 3.63) is 88.0 Å². The van der Waals surface area contributed by atoms with E-state index in [-0.39, 0.29) is 36.4 Å². The van der Waals surface area contributed by atoms with E-state index in [2.05, 4.69) is 4.90 Å². The number of halogens is 3. The van der Waals surface area contributed by atoms with Crippen molar-refractivity contribution in [3.8, 4) is 0 Å². The summed E-state index contributed by atoms with van der Waals surface area (Å²) in [5.74, 6) is -4.01. The molecule has 264 valence electrons. The number of sulfonamides is 1. The van der Waals surface area contributed by atoms with Gasteiger partial charge >= 0.3 is 18.1 Å². The Morgan fingerprint density at radius 2 is 1.67 bits per heavy atom. The number of hydrogen-bond donors (Lipinski definition) is 1. The number of esters is 1. The third-order valence-corrected chi connectivity index (χ3v) is 11.4. The van der Waals surface area contributed by atoms with E-state index in [4.69, 9.17) is 10.5 Å². The van der Waals surface area contributed by atoms with Crippen LogP contribution >= 0.6 is 0 Å². The average Bonchev–Trinajstić information content (AvgIpc) is 3.29. The van der Waals surface area contributed by atoms with Gasteiger partial charge in [0, 0.05) is 50.8 Å². The topological polar surface area (TPSA) is 130 Å². The molecular weight excluding hydrogens is 661 g/mol. The summed E-state index contributed by atoms with van der Waals surface area (Å²) < 4.78 is 74.8. The molecule has 0 saturated carbocycles. The Kier molecular flexibility index (Phi) is 10.8. The van der Waals surface area contributed by atoms with Gasteiger partial charge in [-0.2, -0.15) is 17.5 Å². The van der Waals surface area contributed by atoms with Crippen LogP contribution in [0.15, 0.2) is 76.2 Å². The molecule has 2 aromatic carbocycles. The fourth-order valence-electron chi connectivity index (χ4n) is 7.02. The number of carbonyl (C=O) groups excluding carboxylic acids is 3. The van der Waals surface area contributed by atoms with Gasteiger partial charge < -0.3 is 15.4 Å². The fraction of sp³-hybridized carbons (Fsp3) is 0.457. The molecule has 1 amide bonds. The van der Waals surface area contributed by atoms with Gasteiger partial charge in [-0.3, -0.25) is 19.3 Å². The van der Waals surface area contributed by atoms with Crippen molar-refractivity contribution in [2.45, 2.75) is 62.8 Å². The molecule has 2 unspecified atom stereocenters. The lowest BCUT2D eigenvalue weighted by Gasteiger charge is -2.43. The van der Waals surface area contributed by atoms with Crippen LogP contribution in [0.4, 0.5) is 13.2 Å². The van der Waals surface area contributed by atoms with Crippen LogP contribution in [-0.4, -0.2) is 98.3 Å². The molecule has 5 rings (SSSR count). The van der Waals surface area contributed by atoms with Crippen molar-refractivity contribution in [2.24, 2.45) is 11.7 Å². The maximum Gasteiger partial charge on any atom is 0.471 e. The quantitative estimate of drug-likeness (QED) is 0.328. The highest BCUT2D eigenvalue weighted by atomic mass is 32.2. The Morgan fingerprint density at radius 3 is 2.31 bits per heavy atom. The summed E-state index contributed by atoms with van der Waals surface area (Å²) in [4.78, 5) is 41.8. The van der Waals surface area contributed by atoms with Crippen molar-refractivity contribution in [3.63, 3.8) is 0 Å². The highest BCUT2D eigenvalue weighted by Crippen LogP contribution is 2.40. The summed E-state index contributed by atoms with van der Waals surface area (Å²) in [5.41, 5.74) is 9.75. The van der Waals surface area contributed by atoms with E-state index < -0.39 is 58.4 Å². The Hall–Kier alpha value is -3.85. The molecule has 3 aliphatic rings. The Bertz CT molecular complexity index is 1770. The minimum Gasteiger partial charge on any atom is -0.468 e. The molecule has 2 N–H and O–H groups in total. The highest BCUT2D eigenvalue weighted by Gasteiger charge is 2.49. The maximum atomic E-state index is 14.6. The number of rotatable bonds is 8. The predicted molar refractivity (Wildman–Crippen MR) is 175 cm³/mol. The number of fused-ring (bicyclic) bond motifs is 1.